The average molecular weight is 1370 g/mol. The molecule has 0 aromatic heterocycles. The van der Waals surface area contributed by atoms with Crippen LogP contribution in [0.1, 0.15) is 303 Å². The third-order valence-electron chi connectivity index (χ3n) is 19.3. The van der Waals surface area contributed by atoms with Crippen molar-refractivity contribution in [2.24, 2.45) is 0 Å². The maximum absolute atomic E-state index is 13.4. The Morgan fingerprint density at radius 3 is 1.11 bits per heavy atom. The van der Waals surface area contributed by atoms with Crippen LogP contribution < -0.4 is 5.32 Å². The van der Waals surface area contributed by atoms with Crippen molar-refractivity contribution in [3.63, 3.8) is 0 Å². The lowest BCUT2D eigenvalue weighted by atomic mass is 9.96. The Balaban J connectivity index is 1.38. The van der Waals surface area contributed by atoms with Crippen molar-refractivity contribution in [2.45, 2.75) is 407 Å². The molecule has 0 radical (unpaired) electrons. The fraction of sp³-hybridized carbons (Fsp3) is 0.883. The van der Waals surface area contributed by atoms with Crippen molar-refractivity contribution in [2.75, 3.05) is 26.4 Å². The fourth-order valence-corrected chi connectivity index (χ4v) is 13.1. The van der Waals surface area contributed by atoms with Crippen LogP contribution in [0.5, 0.6) is 0 Å². The zero-order valence-electron chi connectivity index (χ0n) is 59.9. The van der Waals surface area contributed by atoms with Gasteiger partial charge in [-0.05, 0) is 64.2 Å². The third kappa shape index (κ3) is 38.7. The number of hydrogen-bond acceptors (Lipinski definition) is 18. The van der Waals surface area contributed by atoms with E-state index in [0.29, 0.717) is 12.8 Å². The van der Waals surface area contributed by atoms with Crippen LogP contribution in [-0.4, -0.2) is 193 Å². The van der Waals surface area contributed by atoms with Gasteiger partial charge < -0.3 is 89.9 Å². The highest BCUT2D eigenvalue weighted by atomic mass is 16.8. The van der Waals surface area contributed by atoms with Gasteiger partial charge in [-0.1, -0.05) is 281 Å². The molecule has 562 valence electrons. The third-order valence-corrected chi connectivity index (χ3v) is 19.3. The molecular weight excluding hydrogens is 1230 g/mol. The van der Waals surface area contributed by atoms with Gasteiger partial charge in [-0.3, -0.25) is 4.79 Å². The molecule has 0 spiro atoms. The first-order chi connectivity index (χ1) is 46.8. The van der Waals surface area contributed by atoms with Gasteiger partial charge >= 0.3 is 0 Å². The summed E-state index contributed by atoms with van der Waals surface area (Å²) in [6.07, 6.45) is 45.4. The maximum atomic E-state index is 13.4. The molecule has 19 nitrogen and oxygen atoms in total. The smallest absolute Gasteiger partial charge is 0.220 e. The minimum atomic E-state index is -1.98. The van der Waals surface area contributed by atoms with Crippen LogP contribution in [0.4, 0.5) is 0 Å². The number of rotatable bonds is 61. The molecule has 0 bridgehead atoms. The second kappa shape index (κ2) is 58.3. The van der Waals surface area contributed by atoms with Crippen LogP contribution in [0, 0.1) is 0 Å². The number of ether oxygens (including phenoxy) is 6. The van der Waals surface area contributed by atoms with Crippen molar-refractivity contribution < 1.29 is 89.4 Å². The number of aliphatic hydroxyl groups excluding tert-OH is 11. The molecular formula is C77H141NO18. The Hall–Kier alpha value is -2.25. The van der Waals surface area contributed by atoms with Crippen LogP contribution in [0.2, 0.25) is 0 Å². The lowest BCUT2D eigenvalue weighted by Gasteiger charge is -2.48. The molecule has 0 saturated carbocycles. The van der Waals surface area contributed by atoms with E-state index in [1.54, 1.807) is 6.08 Å². The first-order valence-electron chi connectivity index (χ1n) is 38.9. The number of hydrogen-bond donors (Lipinski definition) is 12. The second-order valence-electron chi connectivity index (χ2n) is 27.8. The van der Waals surface area contributed by atoms with Crippen LogP contribution in [0.3, 0.4) is 0 Å². The first-order valence-corrected chi connectivity index (χ1v) is 38.9. The number of amides is 1. The molecule has 3 aliphatic rings. The molecule has 3 heterocycles. The molecule has 0 aliphatic carbocycles. The SMILES string of the molecule is CCCCCC/C=C\C/C=C\CCCCCCCCCC(=O)NC(COC1OC(CO)C(OC2OC(CO)C(OC3OC(CO)C(O)C(O)C3O)C(O)C2O)C(O)C1O)C(O)/C=C/CC/C=C/CCCCCCCCCCCCCCCCCCCCCCCCCCCCC. The quantitative estimate of drug-likeness (QED) is 0.0199. The molecule has 0 aromatic rings. The summed E-state index contributed by atoms with van der Waals surface area (Å²) in [6.45, 7) is 1.72. The summed E-state index contributed by atoms with van der Waals surface area (Å²) < 4.78 is 34.4. The average Bonchev–Trinajstić information content (AvgIpc) is 0.798. The molecule has 3 aliphatic heterocycles. The molecule has 0 aromatic carbocycles. The van der Waals surface area contributed by atoms with Crippen LogP contribution in [0.25, 0.3) is 0 Å². The molecule has 96 heavy (non-hydrogen) atoms. The summed E-state index contributed by atoms with van der Waals surface area (Å²) in [5.41, 5.74) is 0. The standard InChI is InChI=1S/C77H141NO18/c1-3-5-7-9-11-13-15-17-19-21-23-24-25-26-27-28-29-30-31-32-33-34-35-36-37-38-40-42-44-46-48-50-52-54-61(82)60(78-65(83)55-53-51-49-47-45-43-41-39-22-20-18-16-14-12-10-8-6-4-2)59-91-75-71(89)68(86)73(63(57-80)93-75)96-77-72(90)69(87)74(64(58-81)94-77)95-76-70(88)67(85)66(84)62(56-79)92-76/h14,16,20,22,44,46,52,54,60-64,66-77,79-82,84-90H,3-13,15,17-19,21,23-43,45,47-51,53,55-59H2,1-2H3,(H,78,83)/b16-14-,22-20-,46-44+,54-52+. The highest BCUT2D eigenvalue weighted by Crippen LogP contribution is 2.33. The fourth-order valence-electron chi connectivity index (χ4n) is 13.1. The molecule has 3 rings (SSSR count). The van der Waals surface area contributed by atoms with Crippen molar-refractivity contribution >= 4 is 5.91 Å². The number of allylic oxidation sites excluding steroid dienone is 7. The van der Waals surface area contributed by atoms with Gasteiger partial charge in [-0.25, -0.2) is 0 Å². The summed E-state index contributed by atoms with van der Waals surface area (Å²) in [5.74, 6) is -0.291. The number of carbonyl (C=O) groups is 1. The van der Waals surface area contributed by atoms with E-state index in [0.717, 1.165) is 77.0 Å². The first kappa shape index (κ1) is 88.0. The van der Waals surface area contributed by atoms with Crippen LogP contribution in [0.15, 0.2) is 48.6 Å². The number of carbonyl (C=O) groups excluding carboxylic acids is 1. The Morgan fingerprint density at radius 1 is 0.375 bits per heavy atom. The van der Waals surface area contributed by atoms with Crippen LogP contribution >= 0.6 is 0 Å². The molecule has 19 heteroatoms. The highest BCUT2D eigenvalue weighted by molar-refractivity contribution is 5.76. The lowest BCUT2D eigenvalue weighted by Crippen LogP contribution is -2.66. The van der Waals surface area contributed by atoms with Crippen molar-refractivity contribution in [1.29, 1.82) is 0 Å². The molecule has 1 amide bonds. The normalized spacial score (nSPS) is 27.3. The Bertz CT molecular complexity index is 1930. The van der Waals surface area contributed by atoms with Gasteiger partial charge in [0.2, 0.25) is 5.91 Å². The predicted octanol–water partition coefficient (Wildman–Crippen LogP) is 12.1. The van der Waals surface area contributed by atoms with E-state index in [-0.39, 0.29) is 18.9 Å². The Kier molecular flexibility index (Phi) is 53.4. The molecule has 12 N–H and O–H groups in total. The van der Waals surface area contributed by atoms with E-state index < -0.39 is 124 Å². The minimum absolute atomic E-state index is 0.226. The van der Waals surface area contributed by atoms with E-state index in [4.69, 9.17) is 28.4 Å². The topological polar surface area (TPSA) is 307 Å². The Morgan fingerprint density at radius 2 is 0.698 bits per heavy atom. The summed E-state index contributed by atoms with van der Waals surface area (Å²) in [5, 5.41) is 121. The molecule has 17 unspecified atom stereocenters. The van der Waals surface area contributed by atoms with E-state index in [1.165, 1.54) is 193 Å². The van der Waals surface area contributed by atoms with Gasteiger partial charge in [0, 0.05) is 6.42 Å². The summed E-state index contributed by atoms with van der Waals surface area (Å²) in [4.78, 5) is 13.4. The molecule has 3 saturated heterocycles. The van der Waals surface area contributed by atoms with E-state index in [9.17, 15) is 61.0 Å². The van der Waals surface area contributed by atoms with Gasteiger partial charge in [-0.2, -0.15) is 0 Å². The molecule has 3 fully saturated rings. The number of nitrogens with one attached hydrogen (secondary N) is 1. The largest absolute Gasteiger partial charge is 0.394 e. The number of aliphatic hydroxyl groups is 11. The Labute approximate surface area is 580 Å². The summed E-state index contributed by atoms with van der Waals surface area (Å²) in [6, 6.07) is -0.997. The summed E-state index contributed by atoms with van der Waals surface area (Å²) in [7, 11) is 0. The lowest BCUT2D eigenvalue weighted by molar-refractivity contribution is -0.379. The van der Waals surface area contributed by atoms with E-state index in [2.05, 4.69) is 55.6 Å². The predicted molar refractivity (Wildman–Crippen MR) is 379 cm³/mol. The van der Waals surface area contributed by atoms with Gasteiger partial charge in [-0.15, -0.1) is 0 Å². The van der Waals surface area contributed by atoms with E-state index >= 15 is 0 Å². The van der Waals surface area contributed by atoms with Crippen molar-refractivity contribution in [3.8, 4) is 0 Å². The highest BCUT2D eigenvalue weighted by Gasteiger charge is 2.53. The van der Waals surface area contributed by atoms with Gasteiger partial charge in [0.25, 0.3) is 0 Å². The number of unbranched alkanes of at least 4 members (excludes halogenated alkanes) is 39. The van der Waals surface area contributed by atoms with Crippen LogP contribution in [-0.2, 0) is 33.2 Å². The zero-order valence-corrected chi connectivity index (χ0v) is 59.9. The maximum Gasteiger partial charge on any atom is 0.220 e. The summed E-state index contributed by atoms with van der Waals surface area (Å²) >= 11 is 0. The van der Waals surface area contributed by atoms with Gasteiger partial charge in [0.1, 0.15) is 73.2 Å². The van der Waals surface area contributed by atoms with Gasteiger partial charge in [0.05, 0.1) is 38.6 Å². The monoisotopic (exact) mass is 1370 g/mol. The second-order valence-corrected chi connectivity index (χ2v) is 27.8. The van der Waals surface area contributed by atoms with Crippen molar-refractivity contribution in [1.82, 2.24) is 5.32 Å². The zero-order chi connectivity index (χ0) is 69.6. The van der Waals surface area contributed by atoms with Crippen molar-refractivity contribution in [3.05, 3.63) is 48.6 Å². The molecule has 17 atom stereocenters. The van der Waals surface area contributed by atoms with E-state index in [1.807, 2.05) is 6.08 Å². The van der Waals surface area contributed by atoms with Gasteiger partial charge in [0.15, 0.2) is 18.9 Å². The minimum Gasteiger partial charge on any atom is -0.394 e.